The first-order valence-electron chi connectivity index (χ1n) is 7.27. The summed E-state index contributed by atoms with van der Waals surface area (Å²) in [6.07, 6.45) is 1.79. The number of ether oxygens (including phenoxy) is 1. The van der Waals surface area contributed by atoms with Crippen molar-refractivity contribution in [2.24, 2.45) is 0 Å². The van der Waals surface area contributed by atoms with Gasteiger partial charge in [-0.25, -0.2) is 4.98 Å². The topological polar surface area (TPSA) is 57.9 Å². The van der Waals surface area contributed by atoms with E-state index in [4.69, 9.17) is 4.74 Å². The number of thioether (sulfide) groups is 1. The summed E-state index contributed by atoms with van der Waals surface area (Å²) in [5.41, 5.74) is 1.80. The molecule has 0 spiro atoms. The molecule has 1 unspecified atom stereocenters. The number of benzene rings is 1. The van der Waals surface area contributed by atoms with Crippen LogP contribution in [0.4, 0.5) is 0 Å². The van der Waals surface area contributed by atoms with Crippen molar-refractivity contribution in [1.82, 2.24) is 10.3 Å². The molecule has 4 nitrogen and oxygen atoms in total. The standard InChI is InChI=1S/C17H17N3OS/c18-11-14-7-4-8-20-17(14)22-16(13-5-2-1-3-6-13)15-12-19-9-10-21-15/h1-8,15-16,19H,9-10,12H2/t15-,16?/m0/s1. The van der Waals surface area contributed by atoms with Gasteiger partial charge in [0, 0.05) is 19.3 Å². The first kappa shape index (κ1) is 15.0. The molecule has 2 heterocycles. The molecule has 1 fully saturated rings. The van der Waals surface area contributed by atoms with Gasteiger partial charge in [-0.15, -0.1) is 0 Å². The Morgan fingerprint density at radius 1 is 1.27 bits per heavy atom. The highest BCUT2D eigenvalue weighted by molar-refractivity contribution is 7.99. The van der Waals surface area contributed by atoms with Crippen LogP contribution in [0.3, 0.4) is 0 Å². The van der Waals surface area contributed by atoms with Crippen molar-refractivity contribution in [2.75, 3.05) is 19.7 Å². The Balaban J connectivity index is 1.90. The van der Waals surface area contributed by atoms with E-state index in [1.807, 2.05) is 18.2 Å². The summed E-state index contributed by atoms with van der Waals surface area (Å²) in [6, 6.07) is 16.1. The Morgan fingerprint density at radius 2 is 2.14 bits per heavy atom. The molecule has 1 aromatic carbocycles. The number of hydrogen-bond donors (Lipinski definition) is 1. The van der Waals surface area contributed by atoms with E-state index in [9.17, 15) is 5.26 Å². The third-order valence-corrected chi connectivity index (χ3v) is 4.93. The number of nitrogens with one attached hydrogen (secondary N) is 1. The van der Waals surface area contributed by atoms with Crippen LogP contribution in [-0.4, -0.2) is 30.8 Å². The molecule has 2 atom stereocenters. The Morgan fingerprint density at radius 3 is 2.86 bits per heavy atom. The average Bonchev–Trinajstić information content (AvgIpc) is 2.61. The van der Waals surface area contributed by atoms with Crippen LogP contribution < -0.4 is 5.32 Å². The minimum Gasteiger partial charge on any atom is -0.374 e. The van der Waals surface area contributed by atoms with Crippen molar-refractivity contribution in [3.63, 3.8) is 0 Å². The molecule has 1 N–H and O–H groups in total. The highest BCUT2D eigenvalue weighted by Crippen LogP contribution is 2.39. The monoisotopic (exact) mass is 311 g/mol. The summed E-state index contributed by atoms with van der Waals surface area (Å²) in [6.45, 7) is 2.40. The van der Waals surface area contributed by atoms with Crippen molar-refractivity contribution in [2.45, 2.75) is 16.4 Å². The lowest BCUT2D eigenvalue weighted by molar-refractivity contribution is 0.0273. The Labute approximate surface area is 134 Å². The smallest absolute Gasteiger partial charge is 0.114 e. The van der Waals surface area contributed by atoms with Crippen molar-refractivity contribution < 1.29 is 4.74 Å². The molecule has 1 saturated heterocycles. The first-order chi connectivity index (χ1) is 10.9. The average molecular weight is 311 g/mol. The van der Waals surface area contributed by atoms with Crippen LogP contribution in [0.15, 0.2) is 53.7 Å². The highest BCUT2D eigenvalue weighted by Gasteiger charge is 2.28. The van der Waals surface area contributed by atoms with Crippen LogP contribution in [0.2, 0.25) is 0 Å². The largest absolute Gasteiger partial charge is 0.374 e. The summed E-state index contributed by atoms with van der Waals surface area (Å²) in [4.78, 5) is 4.37. The normalized spacial score (nSPS) is 19.3. The molecule has 0 aliphatic carbocycles. The fourth-order valence-corrected chi connectivity index (χ4v) is 3.69. The van der Waals surface area contributed by atoms with Crippen LogP contribution in [0.25, 0.3) is 0 Å². The van der Waals surface area contributed by atoms with Crippen LogP contribution in [0.1, 0.15) is 16.4 Å². The van der Waals surface area contributed by atoms with Gasteiger partial charge < -0.3 is 10.1 Å². The molecular formula is C17H17N3OS. The fourth-order valence-electron chi connectivity index (χ4n) is 2.47. The zero-order chi connectivity index (χ0) is 15.2. The number of aromatic nitrogens is 1. The Hall–Kier alpha value is -1.87. The van der Waals surface area contributed by atoms with E-state index >= 15 is 0 Å². The fraction of sp³-hybridized carbons (Fsp3) is 0.294. The second kappa shape index (κ2) is 7.41. The summed E-state index contributed by atoms with van der Waals surface area (Å²) < 4.78 is 5.95. The SMILES string of the molecule is N#Cc1cccnc1SC(c1ccccc1)[C@@H]1CNCCO1. The number of nitriles is 1. The number of rotatable bonds is 4. The van der Waals surface area contributed by atoms with Crippen LogP contribution in [-0.2, 0) is 4.74 Å². The lowest BCUT2D eigenvalue weighted by Crippen LogP contribution is -2.41. The predicted molar refractivity (Wildman–Crippen MR) is 86.6 cm³/mol. The second-order valence-corrected chi connectivity index (χ2v) is 6.16. The van der Waals surface area contributed by atoms with Crippen molar-refractivity contribution in [1.29, 1.82) is 5.26 Å². The molecule has 1 aromatic heterocycles. The third kappa shape index (κ3) is 3.47. The van der Waals surface area contributed by atoms with E-state index in [-0.39, 0.29) is 11.4 Å². The molecule has 5 heteroatoms. The molecule has 1 aliphatic heterocycles. The molecule has 2 aromatic rings. The number of pyridine rings is 1. The zero-order valence-corrected chi connectivity index (χ0v) is 12.9. The number of hydrogen-bond acceptors (Lipinski definition) is 5. The summed E-state index contributed by atoms with van der Waals surface area (Å²) in [5, 5.41) is 13.5. The van der Waals surface area contributed by atoms with E-state index in [1.165, 1.54) is 5.56 Å². The van der Waals surface area contributed by atoms with Crippen LogP contribution in [0.5, 0.6) is 0 Å². The molecule has 0 radical (unpaired) electrons. The number of nitrogens with zero attached hydrogens (tertiary/aromatic N) is 2. The third-order valence-electron chi connectivity index (χ3n) is 3.55. The zero-order valence-electron chi connectivity index (χ0n) is 12.1. The van der Waals surface area contributed by atoms with Gasteiger partial charge in [0.2, 0.25) is 0 Å². The van der Waals surface area contributed by atoms with Crippen LogP contribution in [0, 0.1) is 11.3 Å². The van der Waals surface area contributed by atoms with E-state index in [2.05, 4.69) is 28.5 Å². The molecule has 22 heavy (non-hydrogen) atoms. The lowest BCUT2D eigenvalue weighted by atomic mass is 10.1. The predicted octanol–water partition coefficient (Wildman–Crippen LogP) is 2.78. The van der Waals surface area contributed by atoms with Gasteiger partial charge in [0.05, 0.1) is 23.5 Å². The summed E-state index contributed by atoms with van der Waals surface area (Å²) in [5.74, 6) is 0. The molecule has 0 amide bonds. The van der Waals surface area contributed by atoms with E-state index < -0.39 is 0 Å². The molecule has 3 rings (SSSR count). The van der Waals surface area contributed by atoms with E-state index in [0.717, 1.165) is 18.1 Å². The first-order valence-corrected chi connectivity index (χ1v) is 8.15. The molecular weight excluding hydrogens is 294 g/mol. The Kier molecular flexibility index (Phi) is 5.07. The maximum atomic E-state index is 9.27. The maximum Gasteiger partial charge on any atom is 0.114 e. The molecule has 112 valence electrons. The highest BCUT2D eigenvalue weighted by atomic mass is 32.2. The minimum absolute atomic E-state index is 0.0645. The minimum atomic E-state index is 0.0645. The van der Waals surface area contributed by atoms with Gasteiger partial charge in [0.1, 0.15) is 11.1 Å². The van der Waals surface area contributed by atoms with Gasteiger partial charge in [-0.2, -0.15) is 5.26 Å². The van der Waals surface area contributed by atoms with Gasteiger partial charge in [0.15, 0.2) is 0 Å². The maximum absolute atomic E-state index is 9.27. The summed E-state index contributed by atoms with van der Waals surface area (Å²) >= 11 is 1.60. The van der Waals surface area contributed by atoms with Gasteiger partial charge in [-0.05, 0) is 17.7 Å². The van der Waals surface area contributed by atoms with Crippen molar-refractivity contribution >= 4 is 11.8 Å². The van der Waals surface area contributed by atoms with Gasteiger partial charge in [-0.3, -0.25) is 0 Å². The van der Waals surface area contributed by atoms with Gasteiger partial charge in [-0.1, -0.05) is 42.1 Å². The van der Waals surface area contributed by atoms with Gasteiger partial charge in [0.25, 0.3) is 0 Å². The van der Waals surface area contributed by atoms with Crippen LogP contribution >= 0.6 is 11.8 Å². The summed E-state index contributed by atoms with van der Waals surface area (Å²) in [7, 11) is 0. The molecule has 1 aliphatic rings. The van der Waals surface area contributed by atoms with Crippen molar-refractivity contribution in [3.8, 4) is 6.07 Å². The number of morpholine rings is 1. The molecule has 0 saturated carbocycles. The quantitative estimate of drug-likeness (QED) is 0.880. The Bertz CT molecular complexity index is 650. The van der Waals surface area contributed by atoms with E-state index in [0.29, 0.717) is 12.2 Å². The van der Waals surface area contributed by atoms with Crippen molar-refractivity contribution in [3.05, 3.63) is 59.8 Å². The van der Waals surface area contributed by atoms with Gasteiger partial charge >= 0.3 is 0 Å². The van der Waals surface area contributed by atoms with E-state index in [1.54, 1.807) is 30.1 Å². The lowest BCUT2D eigenvalue weighted by Gasteiger charge is -2.30. The molecule has 0 bridgehead atoms. The second-order valence-electron chi connectivity index (χ2n) is 5.03.